The predicted molar refractivity (Wildman–Crippen MR) is 131 cm³/mol. The van der Waals surface area contributed by atoms with Gasteiger partial charge in [0.25, 0.3) is 10.0 Å². The van der Waals surface area contributed by atoms with Crippen LogP contribution < -0.4 is 25.0 Å². The topological polar surface area (TPSA) is 99.8 Å². The second-order valence-electron chi connectivity index (χ2n) is 7.66. The molecule has 0 aliphatic carbocycles. The van der Waals surface area contributed by atoms with E-state index in [0.717, 1.165) is 25.9 Å². The maximum Gasteiger partial charge on any atom is 0.323 e. The molecule has 1 aliphatic rings. The summed E-state index contributed by atoms with van der Waals surface area (Å²) in [6, 6.07) is 20.2. The van der Waals surface area contributed by atoms with Gasteiger partial charge in [0.05, 0.1) is 12.8 Å². The van der Waals surface area contributed by atoms with E-state index in [1.807, 2.05) is 18.2 Å². The van der Waals surface area contributed by atoms with Crippen LogP contribution in [0, 0.1) is 0 Å². The predicted octanol–water partition coefficient (Wildman–Crippen LogP) is 4.74. The molecule has 3 aromatic rings. The highest BCUT2D eigenvalue weighted by Gasteiger charge is 2.25. The molecule has 2 amide bonds. The Morgan fingerprint density at radius 3 is 2.15 bits per heavy atom. The molecule has 4 rings (SSSR count). The number of amides is 2. The third kappa shape index (κ3) is 5.56. The van der Waals surface area contributed by atoms with Crippen molar-refractivity contribution in [3.63, 3.8) is 0 Å². The average Bonchev–Trinajstić information content (AvgIpc) is 3.35. The van der Waals surface area contributed by atoms with Crippen LogP contribution in [0.4, 0.5) is 27.5 Å². The number of nitrogens with one attached hydrogen (secondary N) is 3. The molecular formula is C24H26N4O4S. The van der Waals surface area contributed by atoms with Crippen LogP contribution in [-0.2, 0) is 10.0 Å². The van der Waals surface area contributed by atoms with E-state index in [1.54, 1.807) is 55.6 Å². The first-order valence-electron chi connectivity index (χ1n) is 10.6. The summed E-state index contributed by atoms with van der Waals surface area (Å²) >= 11 is 0. The smallest absolute Gasteiger partial charge is 0.323 e. The Kier molecular flexibility index (Phi) is 6.69. The van der Waals surface area contributed by atoms with Crippen molar-refractivity contribution in [2.24, 2.45) is 0 Å². The molecule has 1 aliphatic heterocycles. The highest BCUT2D eigenvalue weighted by atomic mass is 32.2. The Balaban J connectivity index is 1.61. The van der Waals surface area contributed by atoms with Crippen LogP contribution >= 0.6 is 0 Å². The molecule has 1 fully saturated rings. The Hall–Kier alpha value is -3.72. The Morgan fingerprint density at radius 1 is 0.848 bits per heavy atom. The molecule has 8 nitrogen and oxygen atoms in total. The van der Waals surface area contributed by atoms with E-state index in [9.17, 15) is 13.2 Å². The van der Waals surface area contributed by atoms with Crippen LogP contribution in [-0.4, -0.2) is 34.6 Å². The Labute approximate surface area is 193 Å². The first-order chi connectivity index (χ1) is 15.9. The average molecular weight is 467 g/mol. The Bertz CT molecular complexity index is 1210. The van der Waals surface area contributed by atoms with Crippen molar-refractivity contribution in [2.45, 2.75) is 17.7 Å². The maximum absolute atomic E-state index is 13.4. The number of carbonyl (C=O) groups excluding carboxylic acids is 1. The number of para-hydroxylation sites is 1. The lowest BCUT2D eigenvalue weighted by molar-refractivity contribution is 0.262. The molecule has 0 aromatic heterocycles. The fourth-order valence-corrected chi connectivity index (χ4v) is 5.02. The summed E-state index contributed by atoms with van der Waals surface area (Å²) in [7, 11) is -2.37. The van der Waals surface area contributed by atoms with Crippen molar-refractivity contribution < 1.29 is 17.9 Å². The minimum Gasteiger partial charge on any atom is -0.497 e. The molecule has 3 N–H and O–H groups in total. The SMILES string of the molecule is COc1ccc(NS(=O)(=O)c2cc(NC(=O)Nc3ccccc3)ccc2N2CCCC2)cc1. The van der Waals surface area contributed by atoms with Gasteiger partial charge < -0.3 is 20.3 Å². The van der Waals surface area contributed by atoms with E-state index in [0.29, 0.717) is 28.5 Å². The van der Waals surface area contributed by atoms with E-state index in [2.05, 4.69) is 20.3 Å². The molecule has 0 spiro atoms. The number of anilines is 4. The molecule has 0 atom stereocenters. The summed E-state index contributed by atoms with van der Waals surface area (Å²) in [5.41, 5.74) is 2.05. The number of benzene rings is 3. The van der Waals surface area contributed by atoms with Crippen molar-refractivity contribution in [3.05, 3.63) is 72.8 Å². The van der Waals surface area contributed by atoms with E-state index in [1.165, 1.54) is 6.07 Å². The van der Waals surface area contributed by atoms with Crippen molar-refractivity contribution in [1.29, 1.82) is 0 Å². The van der Waals surface area contributed by atoms with Gasteiger partial charge in [0, 0.05) is 30.2 Å². The van der Waals surface area contributed by atoms with Gasteiger partial charge in [-0.15, -0.1) is 0 Å². The van der Waals surface area contributed by atoms with Gasteiger partial charge in [-0.2, -0.15) is 0 Å². The van der Waals surface area contributed by atoms with Crippen molar-refractivity contribution >= 4 is 38.8 Å². The minimum absolute atomic E-state index is 0.109. The lowest BCUT2D eigenvalue weighted by Crippen LogP contribution is -2.24. The normalized spacial score (nSPS) is 13.4. The second kappa shape index (κ2) is 9.83. The largest absolute Gasteiger partial charge is 0.497 e. The number of hydrogen-bond donors (Lipinski definition) is 3. The van der Waals surface area contributed by atoms with Crippen molar-refractivity contribution in [2.75, 3.05) is 40.5 Å². The molecule has 172 valence electrons. The van der Waals surface area contributed by atoms with Crippen LogP contribution in [0.3, 0.4) is 0 Å². The van der Waals surface area contributed by atoms with E-state index in [4.69, 9.17) is 4.74 Å². The minimum atomic E-state index is -3.92. The van der Waals surface area contributed by atoms with Gasteiger partial charge in [0.15, 0.2) is 0 Å². The van der Waals surface area contributed by atoms with Crippen molar-refractivity contribution in [1.82, 2.24) is 0 Å². The fraction of sp³-hybridized carbons (Fsp3) is 0.208. The summed E-state index contributed by atoms with van der Waals surface area (Å²) in [6.07, 6.45) is 2.01. The lowest BCUT2D eigenvalue weighted by atomic mass is 10.2. The number of carbonyl (C=O) groups is 1. The van der Waals surface area contributed by atoms with E-state index < -0.39 is 16.1 Å². The fourth-order valence-electron chi connectivity index (χ4n) is 3.71. The van der Waals surface area contributed by atoms with Gasteiger partial charge >= 0.3 is 6.03 Å². The molecular weight excluding hydrogens is 440 g/mol. The third-order valence-electron chi connectivity index (χ3n) is 5.33. The monoisotopic (exact) mass is 466 g/mol. The first kappa shape index (κ1) is 22.5. The third-order valence-corrected chi connectivity index (χ3v) is 6.74. The maximum atomic E-state index is 13.4. The molecule has 1 saturated heterocycles. The van der Waals surface area contributed by atoms with Crippen LogP contribution in [0.15, 0.2) is 77.7 Å². The molecule has 0 saturated carbocycles. The number of nitrogens with zero attached hydrogens (tertiary/aromatic N) is 1. The molecule has 0 bridgehead atoms. The number of methoxy groups -OCH3 is 1. The zero-order chi connectivity index (χ0) is 23.3. The summed E-state index contributed by atoms with van der Waals surface area (Å²) in [6.45, 7) is 1.57. The molecule has 1 heterocycles. The second-order valence-corrected chi connectivity index (χ2v) is 9.31. The van der Waals surface area contributed by atoms with Crippen LogP contribution in [0.1, 0.15) is 12.8 Å². The molecule has 0 radical (unpaired) electrons. The summed E-state index contributed by atoms with van der Waals surface area (Å²) in [5.74, 6) is 0.631. The zero-order valence-corrected chi connectivity index (χ0v) is 19.1. The highest BCUT2D eigenvalue weighted by molar-refractivity contribution is 7.92. The van der Waals surface area contributed by atoms with Crippen LogP contribution in [0.5, 0.6) is 5.75 Å². The number of urea groups is 1. The van der Waals surface area contributed by atoms with Gasteiger partial charge in [0.2, 0.25) is 0 Å². The standard InChI is InChI=1S/C24H26N4O4S/c1-32-21-12-9-19(10-13-21)27-33(30,31)23-17-20(11-14-22(23)28-15-5-6-16-28)26-24(29)25-18-7-3-2-4-8-18/h2-4,7-14,17,27H,5-6,15-16H2,1H3,(H2,25,26,29). The number of sulfonamides is 1. The van der Waals surface area contributed by atoms with Gasteiger partial charge in [-0.3, -0.25) is 4.72 Å². The van der Waals surface area contributed by atoms with E-state index >= 15 is 0 Å². The molecule has 0 unspecified atom stereocenters. The van der Waals surface area contributed by atoms with Crippen LogP contribution in [0.25, 0.3) is 0 Å². The lowest BCUT2D eigenvalue weighted by Gasteiger charge is -2.22. The summed E-state index contributed by atoms with van der Waals surface area (Å²) in [5, 5.41) is 5.45. The van der Waals surface area contributed by atoms with Gasteiger partial charge in [-0.05, 0) is 67.4 Å². The molecule has 3 aromatic carbocycles. The summed E-state index contributed by atoms with van der Waals surface area (Å²) < 4.78 is 34.5. The van der Waals surface area contributed by atoms with Crippen LogP contribution in [0.2, 0.25) is 0 Å². The van der Waals surface area contributed by atoms with Gasteiger partial charge in [-0.25, -0.2) is 13.2 Å². The Morgan fingerprint density at radius 2 is 1.48 bits per heavy atom. The van der Waals surface area contributed by atoms with Gasteiger partial charge in [0.1, 0.15) is 10.6 Å². The van der Waals surface area contributed by atoms with Crippen molar-refractivity contribution in [3.8, 4) is 5.75 Å². The number of hydrogen-bond acceptors (Lipinski definition) is 5. The first-order valence-corrected chi connectivity index (χ1v) is 12.1. The number of ether oxygens (including phenoxy) is 1. The van der Waals surface area contributed by atoms with Gasteiger partial charge in [-0.1, -0.05) is 18.2 Å². The summed E-state index contributed by atoms with van der Waals surface area (Å²) in [4.78, 5) is 14.6. The molecule has 9 heteroatoms. The van der Waals surface area contributed by atoms with E-state index in [-0.39, 0.29) is 4.90 Å². The highest BCUT2D eigenvalue weighted by Crippen LogP contribution is 2.32. The quantitative estimate of drug-likeness (QED) is 0.467. The number of rotatable bonds is 7. The zero-order valence-electron chi connectivity index (χ0n) is 18.2. The molecule has 33 heavy (non-hydrogen) atoms.